The number of alkyl halides is 3. The first-order chi connectivity index (χ1) is 8.38. The maximum Gasteiger partial charge on any atom is 0.417 e. The van der Waals surface area contributed by atoms with Crippen LogP contribution in [-0.4, -0.2) is 37.4 Å². The lowest BCUT2D eigenvalue weighted by molar-refractivity contribution is -0.210. The number of carbonyl (C=O) groups is 1. The predicted octanol–water partition coefficient (Wildman–Crippen LogP) is 1.81. The highest BCUT2D eigenvalue weighted by atomic mass is 19.4. The molecule has 0 aliphatic heterocycles. The number of halogens is 3. The summed E-state index contributed by atoms with van der Waals surface area (Å²) < 4.78 is 45.8. The molecule has 7 heteroatoms. The summed E-state index contributed by atoms with van der Waals surface area (Å²) in [6.07, 6.45) is -6.93. The van der Waals surface area contributed by atoms with Crippen LogP contribution in [0.5, 0.6) is 11.5 Å². The van der Waals surface area contributed by atoms with Gasteiger partial charge in [0.1, 0.15) is 18.1 Å². The third-order valence-electron chi connectivity index (χ3n) is 2.12. The van der Waals surface area contributed by atoms with Crippen LogP contribution in [-0.2, 0) is 0 Å². The standard InChI is InChI=1S/C11H11F3O4/c1-17-8-3-2-7(5-15)9(4-8)18-6-10(16)11(12,13)14/h2-5,10,16H,6H2,1H3. The minimum Gasteiger partial charge on any atom is -0.497 e. The molecule has 0 aliphatic carbocycles. The van der Waals surface area contributed by atoms with Gasteiger partial charge in [-0.1, -0.05) is 0 Å². The van der Waals surface area contributed by atoms with Gasteiger partial charge >= 0.3 is 6.18 Å². The van der Waals surface area contributed by atoms with Gasteiger partial charge in [0, 0.05) is 6.07 Å². The van der Waals surface area contributed by atoms with Gasteiger partial charge < -0.3 is 14.6 Å². The Labute approximate surface area is 101 Å². The Morgan fingerprint density at radius 1 is 1.44 bits per heavy atom. The van der Waals surface area contributed by atoms with E-state index in [9.17, 15) is 18.0 Å². The molecule has 0 heterocycles. The van der Waals surface area contributed by atoms with Gasteiger partial charge in [-0.15, -0.1) is 0 Å². The molecule has 1 aromatic carbocycles. The molecule has 0 aromatic heterocycles. The topological polar surface area (TPSA) is 55.8 Å². The van der Waals surface area contributed by atoms with Gasteiger partial charge in [-0.05, 0) is 12.1 Å². The molecule has 1 rings (SSSR count). The number of benzene rings is 1. The molecule has 0 fully saturated rings. The maximum absolute atomic E-state index is 12.1. The minimum absolute atomic E-state index is 0.0742. The van der Waals surface area contributed by atoms with Crippen LogP contribution in [0.2, 0.25) is 0 Å². The highest BCUT2D eigenvalue weighted by Gasteiger charge is 2.38. The number of hydrogen-bond acceptors (Lipinski definition) is 4. The van der Waals surface area contributed by atoms with Crippen molar-refractivity contribution in [1.82, 2.24) is 0 Å². The van der Waals surface area contributed by atoms with E-state index in [1.165, 1.54) is 25.3 Å². The molecule has 0 spiro atoms. The monoisotopic (exact) mass is 264 g/mol. The summed E-state index contributed by atoms with van der Waals surface area (Å²) in [5, 5.41) is 8.77. The van der Waals surface area contributed by atoms with E-state index < -0.39 is 18.9 Å². The van der Waals surface area contributed by atoms with Gasteiger partial charge in [0.15, 0.2) is 12.4 Å². The SMILES string of the molecule is COc1ccc(C=O)c(OCC(O)C(F)(F)F)c1. The second-order valence-corrected chi connectivity index (χ2v) is 3.39. The lowest BCUT2D eigenvalue weighted by Gasteiger charge is -2.16. The van der Waals surface area contributed by atoms with Crippen LogP contribution in [0.1, 0.15) is 10.4 Å². The van der Waals surface area contributed by atoms with E-state index in [1.54, 1.807) is 0 Å². The summed E-state index contributed by atoms with van der Waals surface area (Å²) in [5.41, 5.74) is 0.0742. The van der Waals surface area contributed by atoms with Crippen LogP contribution in [0, 0.1) is 0 Å². The van der Waals surface area contributed by atoms with Crippen LogP contribution >= 0.6 is 0 Å². The Morgan fingerprint density at radius 3 is 2.61 bits per heavy atom. The Balaban J connectivity index is 2.80. The van der Waals surface area contributed by atoms with Crippen molar-refractivity contribution < 1.29 is 32.5 Å². The summed E-state index contributed by atoms with van der Waals surface area (Å²) in [4.78, 5) is 10.7. The maximum atomic E-state index is 12.1. The first-order valence-corrected chi connectivity index (χ1v) is 4.89. The summed E-state index contributed by atoms with van der Waals surface area (Å²) in [6, 6.07) is 4.09. The quantitative estimate of drug-likeness (QED) is 0.824. The number of hydrogen-bond donors (Lipinski definition) is 1. The molecule has 1 unspecified atom stereocenters. The number of carbonyl (C=O) groups excluding carboxylic acids is 1. The fraction of sp³-hybridized carbons (Fsp3) is 0.364. The summed E-state index contributed by atoms with van der Waals surface area (Å²) in [5.74, 6) is 0.254. The van der Waals surface area contributed by atoms with Crippen molar-refractivity contribution in [3.8, 4) is 11.5 Å². The van der Waals surface area contributed by atoms with Crippen molar-refractivity contribution in [2.24, 2.45) is 0 Å². The predicted molar refractivity (Wildman–Crippen MR) is 55.9 cm³/mol. The summed E-state index contributed by atoms with van der Waals surface area (Å²) in [7, 11) is 1.37. The van der Waals surface area contributed by atoms with Gasteiger partial charge in [0.25, 0.3) is 0 Å². The van der Waals surface area contributed by atoms with E-state index in [1.807, 2.05) is 0 Å². The molecule has 4 nitrogen and oxygen atoms in total. The van der Waals surface area contributed by atoms with Crippen molar-refractivity contribution in [2.75, 3.05) is 13.7 Å². The van der Waals surface area contributed by atoms with Crippen LogP contribution in [0.15, 0.2) is 18.2 Å². The van der Waals surface area contributed by atoms with Crippen molar-refractivity contribution in [3.05, 3.63) is 23.8 Å². The Hall–Kier alpha value is -1.76. The van der Waals surface area contributed by atoms with Gasteiger partial charge in [-0.3, -0.25) is 4.79 Å². The molecule has 0 radical (unpaired) electrons. The lowest BCUT2D eigenvalue weighted by atomic mass is 10.2. The van der Waals surface area contributed by atoms with Gasteiger partial charge in [-0.25, -0.2) is 0 Å². The fourth-order valence-corrected chi connectivity index (χ4v) is 1.13. The molecule has 0 bridgehead atoms. The molecule has 0 saturated heterocycles. The van der Waals surface area contributed by atoms with Crippen LogP contribution in [0.4, 0.5) is 13.2 Å². The first kappa shape index (κ1) is 14.3. The zero-order valence-corrected chi connectivity index (χ0v) is 9.40. The second-order valence-electron chi connectivity index (χ2n) is 3.39. The number of aldehydes is 1. The number of aliphatic hydroxyl groups excluding tert-OH is 1. The van der Waals surface area contributed by atoms with Gasteiger partial charge in [0.05, 0.1) is 12.7 Å². The number of ether oxygens (including phenoxy) is 2. The molecule has 1 N–H and O–H groups in total. The van der Waals surface area contributed by atoms with Crippen LogP contribution < -0.4 is 9.47 Å². The molecule has 1 aromatic rings. The second kappa shape index (κ2) is 5.72. The third-order valence-corrected chi connectivity index (χ3v) is 2.12. The molecule has 100 valence electrons. The van der Waals surface area contributed by atoms with Gasteiger partial charge in [-0.2, -0.15) is 13.2 Å². The van der Waals surface area contributed by atoms with Gasteiger partial charge in [0.2, 0.25) is 0 Å². The molecule has 0 saturated carbocycles. The zero-order valence-electron chi connectivity index (χ0n) is 9.40. The van der Waals surface area contributed by atoms with Crippen molar-refractivity contribution in [3.63, 3.8) is 0 Å². The normalized spacial score (nSPS) is 12.9. The zero-order chi connectivity index (χ0) is 13.8. The Kier molecular flexibility index (Phi) is 4.55. The molecule has 0 amide bonds. The highest BCUT2D eigenvalue weighted by molar-refractivity contribution is 5.79. The van der Waals surface area contributed by atoms with E-state index in [0.29, 0.717) is 12.0 Å². The molecular weight excluding hydrogens is 253 g/mol. The highest BCUT2D eigenvalue weighted by Crippen LogP contribution is 2.25. The van der Waals surface area contributed by atoms with Crippen molar-refractivity contribution in [1.29, 1.82) is 0 Å². The fourth-order valence-electron chi connectivity index (χ4n) is 1.13. The van der Waals surface area contributed by atoms with E-state index in [2.05, 4.69) is 0 Å². The average Bonchev–Trinajstić information content (AvgIpc) is 2.34. The summed E-state index contributed by atoms with van der Waals surface area (Å²) in [6.45, 7) is -0.989. The minimum atomic E-state index is -4.76. The average molecular weight is 264 g/mol. The smallest absolute Gasteiger partial charge is 0.417 e. The lowest BCUT2D eigenvalue weighted by Crippen LogP contribution is -2.34. The van der Waals surface area contributed by atoms with Crippen molar-refractivity contribution in [2.45, 2.75) is 12.3 Å². The molecular formula is C11H11F3O4. The Morgan fingerprint density at radius 2 is 2.11 bits per heavy atom. The number of aliphatic hydroxyl groups is 1. The van der Waals surface area contributed by atoms with Crippen LogP contribution in [0.25, 0.3) is 0 Å². The van der Waals surface area contributed by atoms with E-state index in [0.717, 1.165) is 0 Å². The Bertz CT molecular complexity index is 417. The van der Waals surface area contributed by atoms with Crippen molar-refractivity contribution >= 4 is 6.29 Å². The molecule has 1 atom stereocenters. The number of methoxy groups -OCH3 is 1. The molecule has 18 heavy (non-hydrogen) atoms. The van der Waals surface area contributed by atoms with E-state index >= 15 is 0 Å². The summed E-state index contributed by atoms with van der Waals surface area (Å²) >= 11 is 0. The third kappa shape index (κ3) is 3.63. The van der Waals surface area contributed by atoms with E-state index in [4.69, 9.17) is 14.6 Å². The molecule has 0 aliphatic rings. The number of rotatable bonds is 5. The van der Waals surface area contributed by atoms with E-state index in [-0.39, 0.29) is 11.3 Å². The first-order valence-electron chi connectivity index (χ1n) is 4.89. The van der Waals surface area contributed by atoms with Crippen LogP contribution in [0.3, 0.4) is 0 Å². The largest absolute Gasteiger partial charge is 0.497 e.